The third kappa shape index (κ3) is 1.99. The molecule has 0 aliphatic heterocycles. The van der Waals surface area contributed by atoms with E-state index in [-0.39, 0.29) is 5.69 Å². The van der Waals surface area contributed by atoms with Gasteiger partial charge in [0.25, 0.3) is 0 Å². The highest BCUT2D eigenvalue weighted by atomic mass is 32.1. The summed E-state index contributed by atoms with van der Waals surface area (Å²) >= 11 is 4.89. The molecule has 0 aromatic carbocycles. The molecule has 1 aromatic rings. The first-order chi connectivity index (χ1) is 5.24. The van der Waals surface area contributed by atoms with Crippen LogP contribution in [-0.2, 0) is 6.54 Å². The first-order valence-corrected chi connectivity index (χ1v) is 3.60. The third-order valence-corrected chi connectivity index (χ3v) is 1.63. The topological polar surface area (TPSA) is 60.7 Å². The van der Waals surface area contributed by atoms with E-state index in [2.05, 4.69) is 15.3 Å². The minimum absolute atomic E-state index is 0.269. The highest BCUT2D eigenvalue weighted by Gasteiger charge is 1.92. The average molecular weight is 171 g/mol. The van der Waals surface area contributed by atoms with Gasteiger partial charge < -0.3 is 10.3 Å². The van der Waals surface area contributed by atoms with Crippen LogP contribution in [0, 0.1) is 4.64 Å². The zero-order chi connectivity index (χ0) is 8.27. The molecule has 60 valence electrons. The van der Waals surface area contributed by atoms with Gasteiger partial charge in [0.1, 0.15) is 4.64 Å². The molecular weight excluding hydrogens is 162 g/mol. The lowest BCUT2D eigenvalue weighted by Crippen LogP contribution is -2.14. The van der Waals surface area contributed by atoms with Crippen molar-refractivity contribution >= 4 is 12.2 Å². The second-order valence-electron chi connectivity index (χ2n) is 2.13. The zero-order valence-corrected chi connectivity index (χ0v) is 6.92. The van der Waals surface area contributed by atoms with E-state index in [0.717, 1.165) is 5.56 Å². The fraction of sp³-hybridized carbons (Fsp3) is 0.333. The Kier molecular flexibility index (Phi) is 2.56. The summed E-state index contributed by atoms with van der Waals surface area (Å²) in [7, 11) is 1.82. The van der Waals surface area contributed by atoms with Crippen molar-refractivity contribution < 1.29 is 0 Å². The number of hydrogen-bond donors (Lipinski definition) is 3. The molecule has 1 aromatic heterocycles. The van der Waals surface area contributed by atoms with Crippen molar-refractivity contribution in [3.8, 4) is 0 Å². The Morgan fingerprint density at radius 3 is 3.00 bits per heavy atom. The predicted octanol–water partition coefficient (Wildman–Crippen LogP) is 0.152. The normalized spacial score (nSPS) is 9.91. The molecular formula is C6H9N3OS. The van der Waals surface area contributed by atoms with Gasteiger partial charge in [-0.25, -0.2) is 4.79 Å². The number of aromatic nitrogens is 2. The smallest absolute Gasteiger partial charge is 0.316 e. The van der Waals surface area contributed by atoms with Gasteiger partial charge in [-0.1, -0.05) is 12.2 Å². The molecule has 0 saturated carbocycles. The third-order valence-electron chi connectivity index (χ3n) is 1.26. The highest BCUT2D eigenvalue weighted by Crippen LogP contribution is 1.92. The maximum Gasteiger partial charge on any atom is 0.323 e. The maximum atomic E-state index is 10.6. The molecule has 11 heavy (non-hydrogen) atoms. The van der Waals surface area contributed by atoms with Crippen LogP contribution in [-0.4, -0.2) is 17.0 Å². The van der Waals surface area contributed by atoms with Gasteiger partial charge in [0.05, 0.1) is 0 Å². The quantitative estimate of drug-likeness (QED) is 0.555. The van der Waals surface area contributed by atoms with Crippen molar-refractivity contribution in [3.05, 3.63) is 26.9 Å². The van der Waals surface area contributed by atoms with Crippen LogP contribution in [0.3, 0.4) is 0 Å². The van der Waals surface area contributed by atoms with E-state index in [1.54, 1.807) is 6.20 Å². The van der Waals surface area contributed by atoms with Crippen molar-refractivity contribution in [2.24, 2.45) is 0 Å². The SMILES string of the molecule is CNCc1c[nH]c(=O)[nH]c1=S. The molecule has 0 unspecified atom stereocenters. The first kappa shape index (κ1) is 8.16. The van der Waals surface area contributed by atoms with Crippen molar-refractivity contribution in [2.75, 3.05) is 7.05 Å². The van der Waals surface area contributed by atoms with E-state index < -0.39 is 0 Å². The molecule has 3 N–H and O–H groups in total. The fourth-order valence-electron chi connectivity index (χ4n) is 0.759. The monoisotopic (exact) mass is 171 g/mol. The number of rotatable bonds is 2. The predicted molar refractivity (Wildman–Crippen MR) is 45.0 cm³/mol. The Hall–Kier alpha value is -0.940. The summed E-state index contributed by atoms with van der Waals surface area (Å²) in [5, 5.41) is 2.94. The van der Waals surface area contributed by atoms with Crippen LogP contribution in [0.5, 0.6) is 0 Å². The van der Waals surface area contributed by atoms with Gasteiger partial charge in [0.15, 0.2) is 0 Å². The highest BCUT2D eigenvalue weighted by molar-refractivity contribution is 7.71. The number of nitrogens with one attached hydrogen (secondary N) is 3. The number of aromatic amines is 2. The Morgan fingerprint density at radius 2 is 2.45 bits per heavy atom. The second-order valence-corrected chi connectivity index (χ2v) is 2.54. The van der Waals surface area contributed by atoms with E-state index in [0.29, 0.717) is 11.2 Å². The molecule has 0 saturated heterocycles. The van der Waals surface area contributed by atoms with E-state index in [4.69, 9.17) is 12.2 Å². The Labute approximate surface area is 68.7 Å². The van der Waals surface area contributed by atoms with Crippen LogP contribution in [0.2, 0.25) is 0 Å². The minimum Gasteiger partial charge on any atom is -0.316 e. The van der Waals surface area contributed by atoms with Crippen molar-refractivity contribution in [2.45, 2.75) is 6.54 Å². The Bertz CT molecular complexity index is 340. The van der Waals surface area contributed by atoms with Crippen LogP contribution >= 0.6 is 12.2 Å². The fourth-order valence-corrected chi connectivity index (χ4v) is 0.983. The minimum atomic E-state index is -0.269. The number of H-pyrrole nitrogens is 2. The molecule has 0 spiro atoms. The standard InChI is InChI=1S/C6H9N3OS/c1-7-2-4-3-8-6(10)9-5(4)11/h3,7H,2H2,1H3,(H2,8,9,10,11). The molecule has 5 heteroatoms. The molecule has 0 bridgehead atoms. The molecule has 1 heterocycles. The van der Waals surface area contributed by atoms with Crippen LogP contribution in [0.15, 0.2) is 11.0 Å². The molecule has 1 rings (SSSR count). The van der Waals surface area contributed by atoms with Crippen LogP contribution < -0.4 is 11.0 Å². The van der Waals surface area contributed by atoms with E-state index >= 15 is 0 Å². The van der Waals surface area contributed by atoms with Crippen LogP contribution in [0.1, 0.15) is 5.56 Å². The molecule has 4 nitrogen and oxygen atoms in total. The molecule has 0 radical (unpaired) electrons. The summed E-state index contributed by atoms with van der Waals surface area (Å²) in [5.41, 5.74) is 0.622. The lowest BCUT2D eigenvalue weighted by molar-refractivity contribution is 0.799. The summed E-state index contributed by atoms with van der Waals surface area (Å²) in [6, 6.07) is 0. The van der Waals surface area contributed by atoms with Crippen molar-refractivity contribution in [1.29, 1.82) is 0 Å². The molecule has 0 aliphatic rings. The van der Waals surface area contributed by atoms with Crippen LogP contribution in [0.25, 0.3) is 0 Å². The van der Waals surface area contributed by atoms with Gasteiger partial charge in [-0.3, -0.25) is 4.98 Å². The lowest BCUT2D eigenvalue weighted by atomic mass is 10.3. The van der Waals surface area contributed by atoms with Crippen molar-refractivity contribution in [1.82, 2.24) is 15.3 Å². The van der Waals surface area contributed by atoms with E-state index in [1.165, 1.54) is 0 Å². The Morgan fingerprint density at radius 1 is 1.73 bits per heavy atom. The van der Waals surface area contributed by atoms with Gasteiger partial charge in [-0.2, -0.15) is 0 Å². The largest absolute Gasteiger partial charge is 0.323 e. The summed E-state index contributed by atoms with van der Waals surface area (Å²) in [5.74, 6) is 0. The van der Waals surface area contributed by atoms with Gasteiger partial charge in [0.2, 0.25) is 0 Å². The molecule has 0 fully saturated rings. The summed E-state index contributed by atoms with van der Waals surface area (Å²) in [6.45, 7) is 0.659. The lowest BCUT2D eigenvalue weighted by Gasteiger charge is -1.97. The summed E-state index contributed by atoms with van der Waals surface area (Å²) in [4.78, 5) is 15.6. The molecule has 0 aliphatic carbocycles. The zero-order valence-electron chi connectivity index (χ0n) is 6.10. The summed E-state index contributed by atoms with van der Waals surface area (Å²) in [6.07, 6.45) is 1.61. The maximum absolute atomic E-state index is 10.6. The Balaban J connectivity index is 3.10. The van der Waals surface area contributed by atoms with Gasteiger partial charge in [-0.05, 0) is 7.05 Å². The second kappa shape index (κ2) is 3.45. The van der Waals surface area contributed by atoms with E-state index in [9.17, 15) is 4.79 Å². The summed E-state index contributed by atoms with van der Waals surface area (Å²) < 4.78 is 0.489. The molecule has 0 atom stereocenters. The van der Waals surface area contributed by atoms with E-state index in [1.807, 2.05) is 7.05 Å². The van der Waals surface area contributed by atoms with Crippen molar-refractivity contribution in [3.63, 3.8) is 0 Å². The van der Waals surface area contributed by atoms with Gasteiger partial charge in [-0.15, -0.1) is 0 Å². The average Bonchev–Trinajstić information content (AvgIpc) is 1.95. The van der Waals surface area contributed by atoms with Gasteiger partial charge >= 0.3 is 5.69 Å². The number of hydrogen-bond acceptors (Lipinski definition) is 3. The van der Waals surface area contributed by atoms with Crippen LogP contribution in [0.4, 0.5) is 0 Å². The molecule has 0 amide bonds. The van der Waals surface area contributed by atoms with Gasteiger partial charge in [0, 0.05) is 18.3 Å². The first-order valence-electron chi connectivity index (χ1n) is 3.19.